The van der Waals surface area contributed by atoms with Crippen molar-refractivity contribution in [2.75, 3.05) is 20.2 Å². The molecule has 0 radical (unpaired) electrons. The van der Waals surface area contributed by atoms with Crippen LogP contribution in [0.2, 0.25) is 0 Å². The molecule has 0 saturated carbocycles. The number of methoxy groups -OCH3 is 1. The maximum atomic E-state index is 13.9. The van der Waals surface area contributed by atoms with Crippen molar-refractivity contribution in [1.29, 1.82) is 0 Å². The van der Waals surface area contributed by atoms with Crippen molar-refractivity contribution < 1.29 is 26.7 Å². The molecule has 0 atom stereocenters. The molecule has 0 aliphatic carbocycles. The SMILES string of the molecule is COc1ncccc1CNC(=O)C1CCN(S(=O)(=O)c2cc(F)ccc2F)CC1. The van der Waals surface area contributed by atoms with Gasteiger partial charge in [0.25, 0.3) is 0 Å². The van der Waals surface area contributed by atoms with Crippen LogP contribution < -0.4 is 10.1 Å². The van der Waals surface area contributed by atoms with Crippen LogP contribution in [-0.2, 0) is 21.4 Å². The summed E-state index contributed by atoms with van der Waals surface area (Å²) in [6.45, 7) is 0.335. The molecule has 1 aliphatic heterocycles. The molecule has 1 aromatic heterocycles. The fourth-order valence-corrected chi connectivity index (χ4v) is 4.79. The summed E-state index contributed by atoms with van der Waals surface area (Å²) in [4.78, 5) is 15.8. The van der Waals surface area contributed by atoms with Crippen LogP contribution in [0.25, 0.3) is 0 Å². The van der Waals surface area contributed by atoms with E-state index in [-0.39, 0.29) is 44.3 Å². The highest BCUT2D eigenvalue weighted by Gasteiger charge is 2.33. The Hall–Kier alpha value is -2.59. The average Bonchev–Trinajstić information content (AvgIpc) is 2.73. The molecule has 0 bridgehead atoms. The van der Waals surface area contributed by atoms with Crippen LogP contribution in [-0.4, -0.2) is 43.8 Å². The fraction of sp³-hybridized carbons (Fsp3) is 0.368. The number of piperidine rings is 1. The number of hydrogen-bond acceptors (Lipinski definition) is 5. The van der Waals surface area contributed by atoms with Crippen LogP contribution in [0.1, 0.15) is 18.4 Å². The zero-order valence-electron chi connectivity index (χ0n) is 15.8. The summed E-state index contributed by atoms with van der Waals surface area (Å²) in [7, 11) is -2.68. The molecule has 10 heteroatoms. The molecule has 1 amide bonds. The molecular formula is C19H21F2N3O4S. The highest BCUT2D eigenvalue weighted by atomic mass is 32.2. The quantitative estimate of drug-likeness (QED) is 0.766. The number of aromatic nitrogens is 1. The highest BCUT2D eigenvalue weighted by molar-refractivity contribution is 7.89. The first-order chi connectivity index (χ1) is 13.8. The van der Waals surface area contributed by atoms with Gasteiger partial charge < -0.3 is 10.1 Å². The summed E-state index contributed by atoms with van der Waals surface area (Å²) in [5, 5.41) is 2.81. The summed E-state index contributed by atoms with van der Waals surface area (Å²) < 4.78 is 58.7. The van der Waals surface area contributed by atoms with Crippen LogP contribution in [0.4, 0.5) is 8.78 Å². The van der Waals surface area contributed by atoms with Gasteiger partial charge in [-0.1, -0.05) is 6.07 Å². The molecule has 0 unspecified atom stereocenters. The lowest BCUT2D eigenvalue weighted by Gasteiger charge is -2.30. The minimum absolute atomic E-state index is 0.0482. The number of sulfonamides is 1. The van der Waals surface area contributed by atoms with E-state index in [1.165, 1.54) is 7.11 Å². The zero-order chi connectivity index (χ0) is 21.0. The van der Waals surface area contributed by atoms with Crippen molar-refractivity contribution in [3.05, 3.63) is 53.7 Å². The minimum atomic E-state index is -4.17. The molecule has 1 N–H and O–H groups in total. The third-order valence-electron chi connectivity index (χ3n) is 4.83. The Kier molecular flexibility index (Phi) is 6.43. The second-order valence-electron chi connectivity index (χ2n) is 6.64. The molecule has 3 rings (SSSR count). The minimum Gasteiger partial charge on any atom is -0.481 e. The fourth-order valence-electron chi connectivity index (χ4n) is 3.24. The molecule has 0 spiro atoms. The summed E-state index contributed by atoms with van der Waals surface area (Å²) in [5.74, 6) is -1.99. The Morgan fingerprint density at radius 1 is 1.28 bits per heavy atom. The second-order valence-corrected chi connectivity index (χ2v) is 8.55. The monoisotopic (exact) mass is 425 g/mol. The van der Waals surface area contributed by atoms with E-state index in [1.54, 1.807) is 18.3 Å². The van der Waals surface area contributed by atoms with Crippen molar-refractivity contribution in [3.8, 4) is 5.88 Å². The summed E-state index contributed by atoms with van der Waals surface area (Å²) in [6, 6.07) is 5.84. The van der Waals surface area contributed by atoms with Gasteiger partial charge in [-0.2, -0.15) is 4.31 Å². The van der Waals surface area contributed by atoms with Gasteiger partial charge in [-0.05, 0) is 37.1 Å². The highest BCUT2D eigenvalue weighted by Crippen LogP contribution is 2.26. The lowest BCUT2D eigenvalue weighted by atomic mass is 9.97. The number of ether oxygens (including phenoxy) is 1. The lowest BCUT2D eigenvalue weighted by Crippen LogP contribution is -2.43. The maximum Gasteiger partial charge on any atom is 0.246 e. The predicted octanol–water partition coefficient (Wildman–Crippen LogP) is 2.09. The van der Waals surface area contributed by atoms with Gasteiger partial charge in [0.1, 0.15) is 16.5 Å². The summed E-state index contributed by atoms with van der Waals surface area (Å²) in [6.07, 6.45) is 2.15. The molecule has 29 heavy (non-hydrogen) atoms. The Bertz CT molecular complexity index is 993. The number of nitrogens with zero attached hydrogens (tertiary/aromatic N) is 2. The molecule has 7 nitrogen and oxygen atoms in total. The van der Waals surface area contributed by atoms with Crippen LogP contribution >= 0.6 is 0 Å². The van der Waals surface area contributed by atoms with E-state index < -0.39 is 26.6 Å². The average molecular weight is 425 g/mol. The van der Waals surface area contributed by atoms with Crippen molar-refractivity contribution in [2.24, 2.45) is 5.92 Å². The van der Waals surface area contributed by atoms with E-state index in [2.05, 4.69) is 10.3 Å². The Morgan fingerprint density at radius 3 is 2.69 bits per heavy atom. The number of carbonyl (C=O) groups is 1. The lowest BCUT2D eigenvalue weighted by molar-refractivity contribution is -0.126. The predicted molar refractivity (Wildman–Crippen MR) is 100 cm³/mol. The van der Waals surface area contributed by atoms with Crippen molar-refractivity contribution in [2.45, 2.75) is 24.3 Å². The Labute approximate surface area is 167 Å². The Balaban J connectivity index is 1.60. The molecule has 2 heterocycles. The van der Waals surface area contributed by atoms with E-state index in [0.29, 0.717) is 11.9 Å². The first-order valence-electron chi connectivity index (χ1n) is 9.03. The van der Waals surface area contributed by atoms with E-state index in [1.807, 2.05) is 0 Å². The van der Waals surface area contributed by atoms with Gasteiger partial charge in [0, 0.05) is 37.3 Å². The second kappa shape index (κ2) is 8.83. The summed E-state index contributed by atoms with van der Waals surface area (Å²) in [5.41, 5.74) is 0.727. The third-order valence-corrected chi connectivity index (χ3v) is 6.75. The first-order valence-corrected chi connectivity index (χ1v) is 10.5. The van der Waals surface area contributed by atoms with Gasteiger partial charge in [0.05, 0.1) is 7.11 Å². The third kappa shape index (κ3) is 4.70. The van der Waals surface area contributed by atoms with Crippen molar-refractivity contribution in [3.63, 3.8) is 0 Å². The Morgan fingerprint density at radius 2 is 2.00 bits per heavy atom. The van der Waals surface area contributed by atoms with Gasteiger partial charge in [-0.3, -0.25) is 4.79 Å². The topological polar surface area (TPSA) is 88.6 Å². The van der Waals surface area contributed by atoms with Gasteiger partial charge in [-0.15, -0.1) is 0 Å². The smallest absolute Gasteiger partial charge is 0.246 e. The number of pyridine rings is 1. The molecule has 1 aromatic carbocycles. The number of nitrogens with one attached hydrogen (secondary N) is 1. The van der Waals surface area contributed by atoms with Crippen LogP contribution in [0.15, 0.2) is 41.4 Å². The number of carbonyl (C=O) groups excluding carboxylic acids is 1. The van der Waals surface area contributed by atoms with Gasteiger partial charge in [0.2, 0.25) is 21.8 Å². The maximum absolute atomic E-state index is 13.9. The molecule has 156 valence electrons. The number of hydrogen-bond donors (Lipinski definition) is 1. The van der Waals surface area contributed by atoms with Crippen LogP contribution in [0.3, 0.4) is 0 Å². The zero-order valence-corrected chi connectivity index (χ0v) is 16.6. The van der Waals surface area contributed by atoms with Gasteiger partial charge in [0.15, 0.2) is 0 Å². The summed E-state index contributed by atoms with van der Waals surface area (Å²) >= 11 is 0. The molecule has 1 fully saturated rings. The number of benzene rings is 1. The molecule has 1 aliphatic rings. The van der Waals surface area contributed by atoms with Gasteiger partial charge >= 0.3 is 0 Å². The first kappa shape index (κ1) is 21.1. The number of halogens is 2. The standard InChI is InChI=1S/C19H21F2N3O4S/c1-28-19-14(3-2-8-22-19)12-23-18(25)13-6-9-24(10-7-13)29(26,27)17-11-15(20)4-5-16(17)21/h2-5,8,11,13H,6-7,9-10,12H2,1H3,(H,23,25). The van der Waals surface area contributed by atoms with E-state index in [4.69, 9.17) is 4.74 Å². The molecular weight excluding hydrogens is 404 g/mol. The van der Waals surface area contributed by atoms with Crippen LogP contribution in [0, 0.1) is 17.6 Å². The molecule has 2 aromatic rings. The largest absolute Gasteiger partial charge is 0.481 e. The van der Waals surface area contributed by atoms with E-state index in [0.717, 1.165) is 22.0 Å². The molecule has 1 saturated heterocycles. The normalized spacial score (nSPS) is 15.8. The van der Waals surface area contributed by atoms with Gasteiger partial charge in [-0.25, -0.2) is 22.2 Å². The van der Waals surface area contributed by atoms with Crippen LogP contribution in [0.5, 0.6) is 5.88 Å². The number of rotatable bonds is 6. The van der Waals surface area contributed by atoms with Crippen molar-refractivity contribution in [1.82, 2.24) is 14.6 Å². The van der Waals surface area contributed by atoms with E-state index >= 15 is 0 Å². The number of amides is 1. The van der Waals surface area contributed by atoms with Crippen molar-refractivity contribution >= 4 is 15.9 Å². The van der Waals surface area contributed by atoms with E-state index in [9.17, 15) is 22.0 Å².